The first-order valence-electron chi connectivity index (χ1n) is 10.5. The third-order valence-corrected chi connectivity index (χ3v) is 7.63. The zero-order valence-corrected chi connectivity index (χ0v) is 18.4. The Morgan fingerprint density at radius 2 is 1.90 bits per heavy atom. The number of piperidine rings is 1. The van der Waals surface area contributed by atoms with Crippen molar-refractivity contribution in [3.05, 3.63) is 23.8 Å². The van der Waals surface area contributed by atoms with Crippen LogP contribution in [0.3, 0.4) is 0 Å². The van der Waals surface area contributed by atoms with Crippen molar-refractivity contribution in [2.75, 3.05) is 40.0 Å². The Labute approximate surface area is 178 Å². The normalized spacial score (nSPS) is 20.7. The molecular weight excluding hydrogens is 408 g/mol. The van der Waals surface area contributed by atoms with Gasteiger partial charge in [0.05, 0.1) is 32.8 Å². The number of morpholine rings is 1. The van der Waals surface area contributed by atoms with Gasteiger partial charge in [-0.05, 0) is 37.0 Å². The minimum atomic E-state index is -3.77. The number of methoxy groups -OCH3 is 1. The third kappa shape index (κ3) is 4.84. The number of hydrogen-bond acceptors (Lipinski definition) is 6. The van der Waals surface area contributed by atoms with Gasteiger partial charge in [-0.25, -0.2) is 8.42 Å². The Balaban J connectivity index is 1.84. The van der Waals surface area contributed by atoms with Crippen molar-refractivity contribution in [3.63, 3.8) is 0 Å². The molecular formula is C21H30N2O6S. The van der Waals surface area contributed by atoms with Crippen LogP contribution in [0.25, 0.3) is 0 Å². The number of rotatable bonds is 7. The van der Waals surface area contributed by atoms with Crippen LogP contribution in [-0.2, 0) is 30.8 Å². The van der Waals surface area contributed by atoms with Crippen LogP contribution in [0.5, 0.6) is 5.75 Å². The summed E-state index contributed by atoms with van der Waals surface area (Å²) >= 11 is 0. The monoisotopic (exact) mass is 438 g/mol. The van der Waals surface area contributed by atoms with E-state index in [9.17, 15) is 18.0 Å². The summed E-state index contributed by atoms with van der Waals surface area (Å²) in [6.45, 7) is 3.63. The average Bonchev–Trinajstić information content (AvgIpc) is 2.79. The van der Waals surface area contributed by atoms with Gasteiger partial charge >= 0.3 is 0 Å². The lowest BCUT2D eigenvalue weighted by Crippen LogP contribution is -2.48. The lowest BCUT2D eigenvalue weighted by molar-refractivity contribution is -0.140. The highest BCUT2D eigenvalue weighted by atomic mass is 32.2. The summed E-state index contributed by atoms with van der Waals surface area (Å²) in [6.07, 6.45) is 2.95. The largest absolute Gasteiger partial charge is 0.495 e. The van der Waals surface area contributed by atoms with Crippen molar-refractivity contribution >= 4 is 21.7 Å². The number of carbonyl (C=O) groups excluding carboxylic acids is 2. The smallest absolute Gasteiger partial charge is 0.246 e. The zero-order valence-electron chi connectivity index (χ0n) is 17.6. The Morgan fingerprint density at radius 1 is 1.17 bits per heavy atom. The molecule has 2 aliphatic heterocycles. The second-order valence-corrected chi connectivity index (χ2v) is 9.50. The minimum Gasteiger partial charge on any atom is -0.495 e. The minimum absolute atomic E-state index is 0.0448. The van der Waals surface area contributed by atoms with Crippen molar-refractivity contribution in [2.24, 2.45) is 0 Å². The Bertz CT molecular complexity index is 879. The fourth-order valence-corrected chi connectivity index (χ4v) is 5.65. The topological polar surface area (TPSA) is 93.2 Å². The molecule has 0 N–H and O–H groups in total. The number of likely N-dealkylation sites (tertiary alicyclic amines) is 1. The van der Waals surface area contributed by atoms with Crippen molar-refractivity contribution < 1.29 is 27.5 Å². The molecule has 1 amide bonds. The fourth-order valence-electron chi connectivity index (χ4n) is 4.04. The van der Waals surface area contributed by atoms with Gasteiger partial charge in [0, 0.05) is 26.1 Å². The molecule has 8 nitrogen and oxygen atoms in total. The van der Waals surface area contributed by atoms with Gasteiger partial charge in [-0.3, -0.25) is 9.59 Å². The van der Waals surface area contributed by atoms with Crippen LogP contribution in [0.4, 0.5) is 0 Å². The first kappa shape index (κ1) is 22.7. The summed E-state index contributed by atoms with van der Waals surface area (Å²) in [5.41, 5.74) is 0.584. The maximum Gasteiger partial charge on any atom is 0.246 e. The fraction of sp³-hybridized carbons (Fsp3) is 0.619. The first-order chi connectivity index (χ1) is 14.4. The summed E-state index contributed by atoms with van der Waals surface area (Å²) in [5, 5.41) is 0. The Kier molecular flexibility index (Phi) is 7.49. The first-order valence-corrected chi connectivity index (χ1v) is 11.9. The molecule has 0 saturated carbocycles. The van der Waals surface area contributed by atoms with E-state index >= 15 is 0 Å². The highest BCUT2D eigenvalue weighted by Gasteiger charge is 2.32. The molecule has 2 heterocycles. The number of hydrogen-bond donors (Lipinski definition) is 0. The van der Waals surface area contributed by atoms with E-state index in [4.69, 9.17) is 9.47 Å². The van der Waals surface area contributed by atoms with Crippen molar-refractivity contribution in [2.45, 2.75) is 50.0 Å². The van der Waals surface area contributed by atoms with E-state index in [1.807, 2.05) is 6.92 Å². The van der Waals surface area contributed by atoms with E-state index in [1.54, 1.807) is 17.0 Å². The number of ether oxygens (including phenoxy) is 2. The molecule has 2 fully saturated rings. The van der Waals surface area contributed by atoms with E-state index < -0.39 is 10.0 Å². The summed E-state index contributed by atoms with van der Waals surface area (Å²) in [4.78, 5) is 27.0. The maximum absolute atomic E-state index is 13.1. The highest BCUT2D eigenvalue weighted by Crippen LogP contribution is 2.29. The van der Waals surface area contributed by atoms with Crippen LogP contribution in [0.2, 0.25) is 0 Å². The van der Waals surface area contributed by atoms with Gasteiger partial charge in [0.1, 0.15) is 10.6 Å². The van der Waals surface area contributed by atoms with Crippen molar-refractivity contribution in [1.82, 2.24) is 9.21 Å². The molecule has 3 rings (SSSR count). The number of carbonyl (C=O) groups is 2. The second kappa shape index (κ2) is 9.89. The quantitative estimate of drug-likeness (QED) is 0.642. The van der Waals surface area contributed by atoms with Gasteiger partial charge in [0.2, 0.25) is 15.9 Å². The van der Waals surface area contributed by atoms with E-state index in [0.717, 1.165) is 12.8 Å². The van der Waals surface area contributed by atoms with Gasteiger partial charge in [-0.2, -0.15) is 4.31 Å². The van der Waals surface area contributed by atoms with Gasteiger partial charge in [0.25, 0.3) is 0 Å². The molecule has 0 unspecified atom stereocenters. The van der Waals surface area contributed by atoms with Crippen LogP contribution in [0, 0.1) is 0 Å². The van der Waals surface area contributed by atoms with Crippen LogP contribution < -0.4 is 4.74 Å². The molecule has 166 valence electrons. The summed E-state index contributed by atoms with van der Waals surface area (Å²) in [5.74, 6) is 0.171. The lowest BCUT2D eigenvalue weighted by atomic mass is 9.96. The van der Waals surface area contributed by atoms with Gasteiger partial charge in [-0.1, -0.05) is 13.0 Å². The number of benzene rings is 1. The van der Waals surface area contributed by atoms with E-state index in [1.165, 1.54) is 17.5 Å². The van der Waals surface area contributed by atoms with E-state index in [-0.39, 0.29) is 47.9 Å². The highest BCUT2D eigenvalue weighted by molar-refractivity contribution is 7.89. The van der Waals surface area contributed by atoms with Crippen LogP contribution in [0.15, 0.2) is 23.1 Å². The zero-order chi connectivity index (χ0) is 21.7. The molecule has 0 bridgehead atoms. The predicted molar refractivity (Wildman–Crippen MR) is 111 cm³/mol. The Hall–Kier alpha value is -1.97. The lowest BCUT2D eigenvalue weighted by Gasteiger charge is -2.34. The standard InChI is InChI=1S/C21H30N2O6S/c1-3-18(24)17-6-4-5-9-23(17)21(25)15-16-7-8-19(28-2)20(14-16)30(26,27)22-10-12-29-13-11-22/h7-8,14,17H,3-6,9-13,15H2,1-2H3/t17-/m0/s1. The molecule has 1 aromatic rings. The number of Topliss-reactive ketones (excluding diaryl/α,β-unsaturated/α-hetero) is 1. The molecule has 1 atom stereocenters. The van der Waals surface area contributed by atoms with Gasteiger partial charge < -0.3 is 14.4 Å². The van der Waals surface area contributed by atoms with Crippen LogP contribution in [-0.4, -0.2) is 75.3 Å². The molecule has 1 aromatic carbocycles. The summed E-state index contributed by atoms with van der Waals surface area (Å²) < 4.78 is 38.2. The average molecular weight is 439 g/mol. The Morgan fingerprint density at radius 3 is 2.57 bits per heavy atom. The number of ketones is 1. The maximum atomic E-state index is 13.1. The van der Waals surface area contributed by atoms with Gasteiger partial charge in [-0.15, -0.1) is 0 Å². The SMILES string of the molecule is CCC(=O)[C@@H]1CCCCN1C(=O)Cc1ccc(OC)c(S(=O)(=O)N2CCOCC2)c1. The number of nitrogens with zero attached hydrogens (tertiary/aromatic N) is 2. The summed E-state index contributed by atoms with van der Waals surface area (Å²) in [6, 6.07) is 4.43. The molecule has 0 spiro atoms. The van der Waals surface area contributed by atoms with E-state index in [0.29, 0.717) is 38.2 Å². The van der Waals surface area contributed by atoms with Crippen molar-refractivity contribution in [1.29, 1.82) is 0 Å². The second-order valence-electron chi connectivity index (χ2n) is 7.60. The van der Waals surface area contributed by atoms with Crippen LogP contribution in [0.1, 0.15) is 38.2 Å². The van der Waals surface area contributed by atoms with Gasteiger partial charge in [0.15, 0.2) is 5.78 Å². The molecule has 9 heteroatoms. The third-order valence-electron chi connectivity index (χ3n) is 5.71. The molecule has 30 heavy (non-hydrogen) atoms. The van der Waals surface area contributed by atoms with Crippen LogP contribution >= 0.6 is 0 Å². The predicted octanol–water partition coefficient (Wildman–Crippen LogP) is 1.62. The molecule has 0 radical (unpaired) electrons. The van der Waals surface area contributed by atoms with E-state index in [2.05, 4.69) is 0 Å². The molecule has 0 aliphatic carbocycles. The molecule has 2 saturated heterocycles. The summed E-state index contributed by atoms with van der Waals surface area (Å²) in [7, 11) is -2.34. The molecule has 0 aromatic heterocycles. The molecule has 2 aliphatic rings. The number of amides is 1. The van der Waals surface area contributed by atoms with Crippen molar-refractivity contribution in [3.8, 4) is 5.75 Å². The number of sulfonamides is 1.